The number of amides is 2. The van der Waals surface area contributed by atoms with Gasteiger partial charge < -0.3 is 29.3 Å². The highest BCUT2D eigenvalue weighted by molar-refractivity contribution is 5.94. The van der Waals surface area contributed by atoms with Crippen molar-refractivity contribution in [2.24, 2.45) is 0 Å². The van der Waals surface area contributed by atoms with Crippen LogP contribution >= 0.6 is 0 Å². The summed E-state index contributed by atoms with van der Waals surface area (Å²) in [6.45, 7) is 4.29. The van der Waals surface area contributed by atoms with Gasteiger partial charge in [-0.25, -0.2) is 19.6 Å². The molecular formula is C24H27N5O5. The first kappa shape index (κ1) is 23.1. The van der Waals surface area contributed by atoms with Crippen LogP contribution in [0.4, 0.5) is 16.3 Å². The number of anilines is 2. The number of fused-ring (bicyclic) bond motifs is 1. The summed E-state index contributed by atoms with van der Waals surface area (Å²) < 4.78 is 15.8. The van der Waals surface area contributed by atoms with Crippen molar-refractivity contribution in [3.63, 3.8) is 0 Å². The zero-order valence-corrected chi connectivity index (χ0v) is 19.4. The number of urea groups is 1. The van der Waals surface area contributed by atoms with E-state index in [4.69, 9.17) is 14.2 Å². The number of carbonyl (C=O) groups excluding carboxylic acids is 2. The number of nitrogens with one attached hydrogen (secondary N) is 1. The van der Waals surface area contributed by atoms with Gasteiger partial charge in [0.1, 0.15) is 12.1 Å². The number of hydrogen-bond acceptors (Lipinski definition) is 8. The lowest BCUT2D eigenvalue weighted by atomic mass is 10.2. The summed E-state index contributed by atoms with van der Waals surface area (Å²) in [5, 5.41) is 3.72. The molecule has 1 aromatic heterocycles. The van der Waals surface area contributed by atoms with Crippen LogP contribution in [0.3, 0.4) is 0 Å². The first-order valence-electron chi connectivity index (χ1n) is 11.0. The molecule has 0 saturated carbocycles. The third-order valence-corrected chi connectivity index (χ3v) is 5.61. The number of nitrogens with zero attached hydrogens (tertiary/aromatic N) is 4. The fourth-order valence-electron chi connectivity index (χ4n) is 3.88. The van der Waals surface area contributed by atoms with Gasteiger partial charge in [0.25, 0.3) is 0 Å². The molecule has 1 aliphatic rings. The van der Waals surface area contributed by atoms with E-state index in [9.17, 15) is 9.59 Å². The predicted octanol–water partition coefficient (Wildman–Crippen LogP) is 3.18. The zero-order valence-electron chi connectivity index (χ0n) is 19.4. The molecule has 1 fully saturated rings. The van der Waals surface area contributed by atoms with Crippen LogP contribution in [0.25, 0.3) is 10.9 Å². The van der Waals surface area contributed by atoms with Crippen LogP contribution in [0.5, 0.6) is 11.5 Å². The van der Waals surface area contributed by atoms with Gasteiger partial charge >= 0.3 is 12.0 Å². The van der Waals surface area contributed by atoms with Crippen LogP contribution in [-0.4, -0.2) is 73.9 Å². The molecule has 34 heavy (non-hydrogen) atoms. The Labute approximate surface area is 197 Å². The predicted molar refractivity (Wildman–Crippen MR) is 128 cm³/mol. The Bertz CT molecular complexity index is 1190. The Morgan fingerprint density at radius 1 is 1.00 bits per heavy atom. The highest BCUT2D eigenvalue weighted by atomic mass is 16.5. The monoisotopic (exact) mass is 465 g/mol. The van der Waals surface area contributed by atoms with Crippen LogP contribution in [0, 0.1) is 0 Å². The summed E-state index contributed by atoms with van der Waals surface area (Å²) in [4.78, 5) is 37.5. The van der Waals surface area contributed by atoms with Gasteiger partial charge in [0.05, 0.1) is 31.9 Å². The Morgan fingerprint density at radius 2 is 1.74 bits per heavy atom. The number of carbonyl (C=O) groups is 2. The Morgan fingerprint density at radius 3 is 2.44 bits per heavy atom. The maximum atomic E-state index is 12.8. The molecule has 1 saturated heterocycles. The maximum Gasteiger partial charge on any atom is 0.338 e. The van der Waals surface area contributed by atoms with Crippen LogP contribution in [0.15, 0.2) is 42.7 Å². The Kier molecular flexibility index (Phi) is 6.95. The lowest BCUT2D eigenvalue weighted by molar-refractivity contribution is 0.0526. The Balaban J connectivity index is 1.44. The van der Waals surface area contributed by atoms with Gasteiger partial charge in [-0.05, 0) is 31.2 Å². The summed E-state index contributed by atoms with van der Waals surface area (Å²) in [5.74, 6) is 1.58. The van der Waals surface area contributed by atoms with Crippen molar-refractivity contribution in [1.82, 2.24) is 14.9 Å². The number of esters is 1. The molecule has 3 aromatic rings. The first-order valence-corrected chi connectivity index (χ1v) is 11.0. The van der Waals surface area contributed by atoms with Gasteiger partial charge in [-0.3, -0.25) is 0 Å². The molecule has 10 nitrogen and oxygen atoms in total. The molecule has 10 heteroatoms. The molecular weight excluding hydrogens is 438 g/mol. The van der Waals surface area contributed by atoms with E-state index in [1.165, 1.54) is 6.33 Å². The summed E-state index contributed by atoms with van der Waals surface area (Å²) >= 11 is 0. The van der Waals surface area contributed by atoms with Crippen molar-refractivity contribution in [2.45, 2.75) is 6.92 Å². The SMILES string of the molecule is CCOC(=O)c1cccc(NC(=O)N2CCN(c3ncnc4cc(OC)c(OC)cc34)CC2)c1. The van der Waals surface area contributed by atoms with Gasteiger partial charge in [0, 0.05) is 43.3 Å². The van der Waals surface area contributed by atoms with E-state index in [0.29, 0.717) is 55.5 Å². The van der Waals surface area contributed by atoms with E-state index in [1.54, 1.807) is 50.3 Å². The molecule has 0 spiro atoms. The van der Waals surface area contributed by atoms with Crippen LogP contribution in [0.1, 0.15) is 17.3 Å². The topological polar surface area (TPSA) is 106 Å². The van der Waals surface area contributed by atoms with E-state index < -0.39 is 5.97 Å². The van der Waals surface area contributed by atoms with Crippen molar-refractivity contribution in [2.75, 3.05) is 57.2 Å². The second-order valence-corrected chi connectivity index (χ2v) is 7.63. The number of piperazine rings is 1. The van der Waals surface area contributed by atoms with Gasteiger partial charge in [-0.15, -0.1) is 0 Å². The van der Waals surface area contributed by atoms with Crippen molar-refractivity contribution in [1.29, 1.82) is 0 Å². The second-order valence-electron chi connectivity index (χ2n) is 7.63. The second kappa shape index (κ2) is 10.2. The first-order chi connectivity index (χ1) is 16.5. The number of hydrogen-bond donors (Lipinski definition) is 1. The molecule has 0 bridgehead atoms. The van der Waals surface area contributed by atoms with Crippen LogP contribution in [-0.2, 0) is 4.74 Å². The van der Waals surface area contributed by atoms with Gasteiger partial charge in [0.15, 0.2) is 11.5 Å². The largest absolute Gasteiger partial charge is 0.493 e. The van der Waals surface area contributed by atoms with E-state index >= 15 is 0 Å². The van der Waals surface area contributed by atoms with Crippen molar-refractivity contribution >= 4 is 34.4 Å². The van der Waals surface area contributed by atoms with Crippen molar-refractivity contribution in [3.05, 3.63) is 48.3 Å². The van der Waals surface area contributed by atoms with Gasteiger partial charge in [0.2, 0.25) is 0 Å². The number of rotatable bonds is 6. The lowest BCUT2D eigenvalue weighted by Crippen LogP contribution is -2.50. The van der Waals surface area contributed by atoms with E-state index in [1.807, 2.05) is 12.1 Å². The van der Waals surface area contributed by atoms with Crippen LogP contribution in [0.2, 0.25) is 0 Å². The molecule has 0 aliphatic carbocycles. The molecule has 178 valence electrons. The zero-order chi connectivity index (χ0) is 24.1. The molecule has 1 aliphatic heterocycles. The minimum absolute atomic E-state index is 0.223. The third-order valence-electron chi connectivity index (χ3n) is 5.61. The molecule has 0 radical (unpaired) electrons. The fourth-order valence-corrected chi connectivity index (χ4v) is 3.88. The minimum Gasteiger partial charge on any atom is -0.493 e. The molecule has 0 atom stereocenters. The molecule has 2 amide bonds. The molecule has 2 heterocycles. The summed E-state index contributed by atoms with van der Waals surface area (Å²) in [6.07, 6.45) is 1.53. The molecule has 2 aromatic carbocycles. The molecule has 0 unspecified atom stereocenters. The number of ether oxygens (including phenoxy) is 3. The highest BCUT2D eigenvalue weighted by Gasteiger charge is 2.24. The van der Waals surface area contributed by atoms with Gasteiger partial charge in [-0.2, -0.15) is 0 Å². The van der Waals surface area contributed by atoms with E-state index in [0.717, 1.165) is 16.7 Å². The van der Waals surface area contributed by atoms with Crippen LogP contribution < -0.4 is 19.7 Å². The normalized spacial score (nSPS) is 13.5. The van der Waals surface area contributed by atoms with E-state index in [-0.39, 0.29) is 6.03 Å². The molecule has 4 rings (SSSR count). The molecule has 1 N–H and O–H groups in total. The quantitative estimate of drug-likeness (QED) is 0.554. The number of benzene rings is 2. The smallest absolute Gasteiger partial charge is 0.338 e. The standard InChI is InChI=1S/C24H27N5O5/c1-4-34-23(30)16-6-5-7-17(12-16)27-24(31)29-10-8-28(9-11-29)22-18-13-20(32-2)21(33-3)14-19(18)25-15-26-22/h5-7,12-15H,4,8-11H2,1-3H3,(H,27,31). The van der Waals surface area contributed by atoms with Crippen molar-refractivity contribution in [3.8, 4) is 11.5 Å². The summed E-state index contributed by atoms with van der Waals surface area (Å²) in [5.41, 5.74) is 1.69. The maximum absolute atomic E-state index is 12.8. The average Bonchev–Trinajstić information content (AvgIpc) is 2.87. The number of aromatic nitrogens is 2. The average molecular weight is 466 g/mol. The summed E-state index contributed by atoms with van der Waals surface area (Å²) in [7, 11) is 3.18. The fraction of sp³-hybridized carbons (Fsp3) is 0.333. The van der Waals surface area contributed by atoms with Gasteiger partial charge in [-0.1, -0.05) is 6.07 Å². The lowest BCUT2D eigenvalue weighted by Gasteiger charge is -2.35. The highest BCUT2D eigenvalue weighted by Crippen LogP contribution is 2.34. The minimum atomic E-state index is -0.418. The van der Waals surface area contributed by atoms with Crippen molar-refractivity contribution < 1.29 is 23.8 Å². The number of methoxy groups -OCH3 is 2. The Hall–Kier alpha value is -4.08. The summed E-state index contributed by atoms with van der Waals surface area (Å²) in [6, 6.07) is 10.2. The van der Waals surface area contributed by atoms with E-state index in [2.05, 4.69) is 20.2 Å². The third kappa shape index (κ3) is 4.80.